The predicted octanol–water partition coefficient (Wildman–Crippen LogP) is 1.03. The maximum absolute atomic E-state index is 12.0. The molecule has 0 radical (unpaired) electrons. The van der Waals surface area contributed by atoms with Crippen molar-refractivity contribution in [2.45, 2.75) is 19.0 Å². The minimum Gasteiger partial charge on any atom is -0.396 e. The normalized spacial score (nSPS) is 11.9. The second kappa shape index (κ2) is 7.32. The summed E-state index contributed by atoms with van der Waals surface area (Å²) in [6.07, 6.45) is 1.76. The molecular weight excluding hydrogens is 288 g/mol. The first kappa shape index (κ1) is 15.6. The lowest BCUT2D eigenvalue weighted by Gasteiger charge is -2.17. The number of nitrogens with one attached hydrogen (secondary N) is 1. The van der Waals surface area contributed by atoms with Crippen molar-refractivity contribution in [3.05, 3.63) is 58.3 Å². The maximum Gasteiger partial charge on any atom is 0.389 e. The summed E-state index contributed by atoms with van der Waals surface area (Å²) < 4.78 is 1.20. The predicted molar refractivity (Wildman–Crippen MR) is 77.9 cm³/mol. The highest BCUT2D eigenvalue weighted by Gasteiger charge is 2.17. The molecular formula is C14H16N4O4. The lowest BCUT2D eigenvalue weighted by molar-refractivity contribution is -0.389. The van der Waals surface area contributed by atoms with Crippen molar-refractivity contribution in [3.8, 4) is 0 Å². The average molecular weight is 304 g/mol. The summed E-state index contributed by atoms with van der Waals surface area (Å²) in [7, 11) is 0. The number of hydrogen-bond acceptors (Lipinski definition) is 5. The molecule has 8 nitrogen and oxygen atoms in total. The van der Waals surface area contributed by atoms with Gasteiger partial charge in [0, 0.05) is 6.61 Å². The van der Waals surface area contributed by atoms with E-state index in [1.807, 2.05) is 30.3 Å². The second-order valence-electron chi connectivity index (χ2n) is 4.67. The summed E-state index contributed by atoms with van der Waals surface area (Å²) >= 11 is 0. The number of carbonyl (C=O) groups is 1. The molecule has 1 aromatic heterocycles. The van der Waals surface area contributed by atoms with Gasteiger partial charge < -0.3 is 20.5 Å². The molecule has 0 aliphatic heterocycles. The molecule has 0 aliphatic rings. The van der Waals surface area contributed by atoms with Crippen LogP contribution in [-0.2, 0) is 11.3 Å². The molecule has 22 heavy (non-hydrogen) atoms. The van der Waals surface area contributed by atoms with Gasteiger partial charge in [0.05, 0.1) is 23.4 Å². The van der Waals surface area contributed by atoms with Crippen molar-refractivity contribution in [3.63, 3.8) is 0 Å². The number of amides is 1. The van der Waals surface area contributed by atoms with Gasteiger partial charge in [-0.25, -0.2) is 0 Å². The molecule has 0 spiro atoms. The Morgan fingerprint density at radius 1 is 1.36 bits per heavy atom. The van der Waals surface area contributed by atoms with Crippen molar-refractivity contribution in [2.75, 3.05) is 6.61 Å². The molecule has 2 N–H and O–H groups in total. The summed E-state index contributed by atoms with van der Waals surface area (Å²) in [4.78, 5) is 22.0. The Morgan fingerprint density at radius 2 is 2.09 bits per heavy atom. The smallest absolute Gasteiger partial charge is 0.389 e. The maximum atomic E-state index is 12.0. The van der Waals surface area contributed by atoms with Crippen molar-refractivity contribution in [1.29, 1.82) is 0 Å². The zero-order chi connectivity index (χ0) is 15.9. The summed E-state index contributed by atoms with van der Waals surface area (Å²) in [5.74, 6) is -0.636. The number of nitro groups is 1. The largest absolute Gasteiger partial charge is 0.396 e. The first-order valence-electron chi connectivity index (χ1n) is 6.73. The second-order valence-corrected chi connectivity index (χ2v) is 4.67. The summed E-state index contributed by atoms with van der Waals surface area (Å²) in [6.45, 7) is -0.185. The number of aromatic nitrogens is 2. The summed E-state index contributed by atoms with van der Waals surface area (Å²) in [5, 5.41) is 26.1. The van der Waals surface area contributed by atoms with E-state index >= 15 is 0 Å². The first-order chi connectivity index (χ1) is 10.6. The zero-order valence-corrected chi connectivity index (χ0v) is 11.8. The Labute approximate surface area is 126 Å². The Morgan fingerprint density at radius 3 is 2.68 bits per heavy atom. The molecule has 1 aromatic carbocycles. The Balaban J connectivity index is 2.00. The molecule has 1 unspecified atom stereocenters. The third-order valence-electron chi connectivity index (χ3n) is 3.07. The van der Waals surface area contributed by atoms with Gasteiger partial charge in [0.15, 0.2) is 0 Å². The highest BCUT2D eigenvalue weighted by molar-refractivity contribution is 5.76. The monoisotopic (exact) mass is 304 g/mol. The van der Waals surface area contributed by atoms with E-state index in [-0.39, 0.29) is 30.9 Å². The van der Waals surface area contributed by atoms with Crippen LogP contribution in [0.15, 0.2) is 42.6 Å². The minimum atomic E-state index is -0.618. The fourth-order valence-electron chi connectivity index (χ4n) is 2.06. The molecule has 0 saturated heterocycles. The lowest BCUT2D eigenvalue weighted by atomic mass is 10.0. The van der Waals surface area contributed by atoms with E-state index in [0.717, 1.165) is 5.56 Å². The van der Waals surface area contributed by atoms with Crippen molar-refractivity contribution in [2.24, 2.45) is 0 Å². The number of aliphatic hydroxyl groups is 1. The fourth-order valence-corrected chi connectivity index (χ4v) is 2.06. The van der Waals surface area contributed by atoms with E-state index < -0.39 is 4.92 Å². The molecule has 0 bridgehead atoms. The third-order valence-corrected chi connectivity index (χ3v) is 3.07. The zero-order valence-electron chi connectivity index (χ0n) is 11.8. The van der Waals surface area contributed by atoms with Gasteiger partial charge in [-0.1, -0.05) is 30.3 Å². The lowest BCUT2D eigenvalue weighted by Crippen LogP contribution is -2.32. The van der Waals surface area contributed by atoms with Crippen LogP contribution in [0.4, 0.5) is 5.82 Å². The standard InChI is InChI=1S/C14H16N4O4/c19-9-7-12(11-4-2-1-3-5-11)15-14(20)10-17-8-6-13(16-17)18(21)22/h1-6,8,12,19H,7,9-10H2,(H,15,20). The molecule has 2 aromatic rings. The van der Waals surface area contributed by atoms with Gasteiger partial charge in [-0.2, -0.15) is 4.68 Å². The third kappa shape index (κ3) is 4.13. The number of carbonyl (C=O) groups excluding carboxylic acids is 1. The van der Waals surface area contributed by atoms with Crippen LogP contribution in [0.1, 0.15) is 18.0 Å². The van der Waals surface area contributed by atoms with E-state index in [1.165, 1.54) is 16.9 Å². The van der Waals surface area contributed by atoms with Crippen molar-refractivity contribution < 1.29 is 14.8 Å². The molecule has 1 atom stereocenters. The number of aliphatic hydroxyl groups excluding tert-OH is 1. The van der Waals surface area contributed by atoms with Crippen LogP contribution in [0.3, 0.4) is 0 Å². The van der Waals surface area contributed by atoms with Crippen LogP contribution in [-0.4, -0.2) is 32.3 Å². The van der Waals surface area contributed by atoms with E-state index in [1.54, 1.807) is 0 Å². The van der Waals surface area contributed by atoms with E-state index in [0.29, 0.717) is 6.42 Å². The minimum absolute atomic E-state index is 0.0624. The number of rotatable bonds is 7. The molecule has 0 saturated carbocycles. The number of nitrogens with zero attached hydrogens (tertiary/aromatic N) is 3. The molecule has 116 valence electrons. The highest BCUT2D eigenvalue weighted by atomic mass is 16.6. The van der Waals surface area contributed by atoms with Gasteiger partial charge >= 0.3 is 5.82 Å². The van der Waals surface area contributed by atoms with E-state index in [2.05, 4.69) is 10.4 Å². The van der Waals surface area contributed by atoms with Gasteiger partial charge in [-0.3, -0.25) is 4.79 Å². The first-order valence-corrected chi connectivity index (χ1v) is 6.73. The van der Waals surface area contributed by atoms with Crippen molar-refractivity contribution in [1.82, 2.24) is 15.1 Å². The Hall–Kier alpha value is -2.74. The van der Waals surface area contributed by atoms with Crippen LogP contribution >= 0.6 is 0 Å². The topological polar surface area (TPSA) is 110 Å². The molecule has 8 heteroatoms. The highest BCUT2D eigenvalue weighted by Crippen LogP contribution is 2.16. The van der Waals surface area contributed by atoms with Crippen molar-refractivity contribution >= 4 is 11.7 Å². The summed E-state index contributed by atoms with van der Waals surface area (Å²) in [6, 6.07) is 10.2. The van der Waals surface area contributed by atoms with E-state index in [4.69, 9.17) is 5.11 Å². The number of hydrogen-bond donors (Lipinski definition) is 2. The Kier molecular flexibility index (Phi) is 5.21. The SMILES string of the molecule is O=C(Cn1ccc([N+](=O)[O-])n1)NC(CCO)c1ccccc1. The van der Waals surface area contributed by atoms with Gasteiger partial charge in [0.25, 0.3) is 0 Å². The molecule has 2 rings (SSSR count). The van der Waals surface area contributed by atoms with Gasteiger partial charge in [-0.15, -0.1) is 0 Å². The summed E-state index contributed by atoms with van der Waals surface area (Å²) in [5.41, 5.74) is 0.886. The van der Waals surface area contributed by atoms with Crippen LogP contribution < -0.4 is 5.32 Å². The van der Waals surface area contributed by atoms with Crippen LogP contribution in [0, 0.1) is 10.1 Å². The van der Waals surface area contributed by atoms with Crippen LogP contribution in [0.5, 0.6) is 0 Å². The van der Waals surface area contributed by atoms with Gasteiger partial charge in [-0.05, 0) is 16.9 Å². The van der Waals surface area contributed by atoms with Crippen LogP contribution in [0.25, 0.3) is 0 Å². The van der Waals surface area contributed by atoms with Gasteiger partial charge in [0.1, 0.15) is 6.54 Å². The quantitative estimate of drug-likeness (QED) is 0.586. The van der Waals surface area contributed by atoms with Gasteiger partial charge in [0.2, 0.25) is 5.91 Å². The average Bonchev–Trinajstić information content (AvgIpc) is 2.96. The molecule has 0 aliphatic carbocycles. The number of benzene rings is 1. The van der Waals surface area contributed by atoms with E-state index in [9.17, 15) is 14.9 Å². The molecule has 1 heterocycles. The molecule has 0 fully saturated rings. The van der Waals surface area contributed by atoms with Crippen LogP contribution in [0.2, 0.25) is 0 Å². The fraction of sp³-hybridized carbons (Fsp3) is 0.286. The Bertz CT molecular complexity index is 641. The molecule has 1 amide bonds.